The largest absolute Gasteiger partial charge is 0.420 e. The maximum Gasteiger partial charge on any atom is 0.420 e. The smallest absolute Gasteiger partial charge is 0.275 e. The van der Waals surface area contributed by atoms with Crippen molar-refractivity contribution in [1.29, 1.82) is 0 Å². The Morgan fingerprint density at radius 1 is 1.06 bits per heavy atom. The fraction of sp³-hybridized carbons (Fsp3) is 0.111. The second kappa shape index (κ2) is 4.73. The summed E-state index contributed by atoms with van der Waals surface area (Å²) in [5.74, 6) is -0.416. The number of nitrogens with one attached hydrogen (secondary N) is 2. The molecule has 0 amide bonds. The number of hydrogen-bond donors (Lipinski definition) is 5. The molecule has 0 unspecified atom stereocenters. The molecule has 1 rings (SSSR count). The van der Waals surface area contributed by atoms with E-state index in [1.165, 1.54) is 18.2 Å². The van der Waals surface area contributed by atoms with Gasteiger partial charge in [-0.3, -0.25) is 17.2 Å². The first kappa shape index (κ1) is 12.8. The van der Waals surface area contributed by atoms with Crippen LogP contribution in [0.15, 0.2) is 24.3 Å². The molecule has 5 nitrogen and oxygen atoms in total. The maximum atomic E-state index is 12.6. The number of para-hydroxylation sites is 1. The van der Waals surface area contributed by atoms with Crippen LogP contribution in [0.1, 0.15) is 5.56 Å². The van der Waals surface area contributed by atoms with Crippen LogP contribution in [0, 0.1) is 0 Å². The minimum absolute atomic E-state index is 0.189. The first-order valence-electron chi connectivity index (χ1n) is 4.51. The Balaban J connectivity index is 3.20. The quantitative estimate of drug-likeness (QED) is 0.271. The summed E-state index contributed by atoms with van der Waals surface area (Å²) in [4.78, 5) is 4.59. The number of alkyl halides is 3. The van der Waals surface area contributed by atoms with Crippen LogP contribution in [0.3, 0.4) is 0 Å². The summed E-state index contributed by atoms with van der Waals surface area (Å²) in [6.45, 7) is 0. The molecule has 0 fully saturated rings. The van der Waals surface area contributed by atoms with Gasteiger partial charge >= 0.3 is 18.1 Å². The van der Waals surface area contributed by atoms with E-state index in [-0.39, 0.29) is 17.6 Å². The lowest BCUT2D eigenvalue weighted by Gasteiger charge is -2.07. The minimum atomic E-state index is -4.47. The van der Waals surface area contributed by atoms with Gasteiger partial charge in [0.1, 0.15) is 5.69 Å². The van der Waals surface area contributed by atoms with Crippen LogP contribution in [0.4, 0.5) is 18.9 Å². The van der Waals surface area contributed by atoms with Gasteiger partial charge in [0.2, 0.25) is 0 Å². The lowest BCUT2D eigenvalue weighted by atomic mass is 10.2. The van der Waals surface area contributed by atoms with Crippen LogP contribution in [-0.2, 0) is 6.18 Å². The third-order valence-corrected chi connectivity index (χ3v) is 1.78. The number of guanidine groups is 2. The van der Waals surface area contributed by atoms with E-state index >= 15 is 0 Å². The first-order valence-corrected chi connectivity index (χ1v) is 4.51. The highest BCUT2D eigenvalue weighted by Crippen LogP contribution is 2.32. The van der Waals surface area contributed by atoms with Crippen molar-refractivity contribution < 1.29 is 23.2 Å². The van der Waals surface area contributed by atoms with Crippen LogP contribution in [0.2, 0.25) is 0 Å². The molecule has 0 bridgehead atoms. The molecule has 0 aliphatic heterocycles. The van der Waals surface area contributed by atoms with Gasteiger partial charge in [0.25, 0.3) is 0 Å². The highest BCUT2D eigenvalue weighted by molar-refractivity contribution is 5.76. The number of nitrogens with two attached hydrogens (primary N) is 3. The van der Waals surface area contributed by atoms with E-state index in [2.05, 4.69) is 9.98 Å². The third-order valence-electron chi connectivity index (χ3n) is 1.78. The van der Waals surface area contributed by atoms with Gasteiger partial charge in [-0.15, -0.1) is 0 Å². The summed E-state index contributed by atoms with van der Waals surface area (Å²) in [5, 5.41) is 0. The Labute approximate surface area is 94.8 Å². The molecule has 8 heteroatoms. The Morgan fingerprint density at radius 2 is 1.65 bits per heavy atom. The highest BCUT2D eigenvalue weighted by atomic mass is 19.4. The predicted octanol–water partition coefficient (Wildman–Crippen LogP) is -2.91. The summed E-state index contributed by atoms with van der Waals surface area (Å²) in [6, 6.07) is 4.90. The lowest BCUT2D eigenvalue weighted by Crippen LogP contribution is -2.96. The molecule has 0 spiro atoms. The van der Waals surface area contributed by atoms with Crippen LogP contribution in [-0.4, -0.2) is 11.9 Å². The van der Waals surface area contributed by atoms with Crippen LogP contribution in [0.5, 0.6) is 0 Å². The summed E-state index contributed by atoms with van der Waals surface area (Å²) < 4.78 is 37.8. The molecule has 17 heavy (non-hydrogen) atoms. The molecular weight excluding hydrogens is 235 g/mol. The van der Waals surface area contributed by atoms with Crippen LogP contribution < -0.4 is 27.2 Å². The van der Waals surface area contributed by atoms with E-state index in [0.29, 0.717) is 0 Å². The SMILES string of the molecule is NC(N)=[NH+]C(N)=[NH+]c1ccccc1C(F)(F)F. The summed E-state index contributed by atoms with van der Waals surface area (Å²) in [6.07, 6.45) is -4.47. The van der Waals surface area contributed by atoms with E-state index in [1.54, 1.807) is 0 Å². The van der Waals surface area contributed by atoms with Crippen molar-refractivity contribution in [2.24, 2.45) is 17.2 Å². The van der Waals surface area contributed by atoms with E-state index in [4.69, 9.17) is 17.2 Å². The van der Waals surface area contributed by atoms with E-state index in [9.17, 15) is 13.2 Å². The zero-order valence-electron chi connectivity index (χ0n) is 8.68. The average molecular weight is 247 g/mol. The van der Waals surface area contributed by atoms with E-state index in [1.807, 2.05) is 0 Å². The highest BCUT2D eigenvalue weighted by Gasteiger charge is 2.34. The Hall–Kier alpha value is -2.25. The fourth-order valence-corrected chi connectivity index (χ4v) is 1.17. The number of hydrogen-bond acceptors (Lipinski definition) is 0. The number of halogens is 3. The normalized spacial score (nSPS) is 12.3. The Bertz CT molecular complexity index is 460. The van der Waals surface area contributed by atoms with Gasteiger partial charge in [-0.05, 0) is 12.1 Å². The third kappa shape index (κ3) is 3.67. The molecule has 0 radical (unpaired) electrons. The van der Waals surface area contributed by atoms with E-state index < -0.39 is 11.7 Å². The molecular formula is C9H12F3N5+2. The van der Waals surface area contributed by atoms with Gasteiger partial charge in [0.15, 0.2) is 0 Å². The summed E-state index contributed by atoms with van der Waals surface area (Å²) in [7, 11) is 0. The van der Waals surface area contributed by atoms with Gasteiger partial charge in [-0.2, -0.15) is 18.2 Å². The summed E-state index contributed by atoms with van der Waals surface area (Å²) in [5.41, 5.74) is 14.5. The lowest BCUT2D eigenvalue weighted by molar-refractivity contribution is -0.460. The van der Waals surface area contributed by atoms with Gasteiger partial charge < -0.3 is 0 Å². The molecule has 0 heterocycles. The van der Waals surface area contributed by atoms with Gasteiger partial charge in [-0.1, -0.05) is 12.1 Å². The second-order valence-electron chi connectivity index (χ2n) is 3.16. The van der Waals surface area contributed by atoms with Gasteiger partial charge in [0.05, 0.1) is 5.56 Å². The zero-order valence-corrected chi connectivity index (χ0v) is 8.68. The van der Waals surface area contributed by atoms with Gasteiger partial charge in [-0.25, -0.2) is 4.99 Å². The molecule has 0 aromatic heterocycles. The first-order chi connectivity index (χ1) is 7.80. The molecule has 1 aromatic rings. The van der Waals surface area contributed by atoms with Gasteiger partial charge in [0, 0.05) is 0 Å². The van der Waals surface area contributed by atoms with Crippen molar-refractivity contribution in [1.82, 2.24) is 0 Å². The maximum absolute atomic E-state index is 12.6. The molecule has 0 aliphatic rings. The minimum Gasteiger partial charge on any atom is -0.275 e. The van der Waals surface area contributed by atoms with Crippen LogP contribution >= 0.6 is 0 Å². The van der Waals surface area contributed by atoms with Crippen molar-refractivity contribution in [3.8, 4) is 0 Å². The standard InChI is InChI=1S/C9H10F3N5/c10-9(11,12)5-3-1-2-4-6(5)16-8(15)17-7(13)14/h1-4H,(H6,13,14,15,16,17)/p+2. The molecule has 0 aliphatic carbocycles. The van der Waals surface area contributed by atoms with Crippen molar-refractivity contribution in [3.63, 3.8) is 0 Å². The monoisotopic (exact) mass is 247 g/mol. The molecule has 92 valence electrons. The van der Waals surface area contributed by atoms with Crippen molar-refractivity contribution in [2.75, 3.05) is 0 Å². The molecule has 8 N–H and O–H groups in total. The van der Waals surface area contributed by atoms with Crippen LogP contribution in [0.25, 0.3) is 0 Å². The van der Waals surface area contributed by atoms with Crippen molar-refractivity contribution >= 4 is 17.6 Å². The summed E-state index contributed by atoms with van der Waals surface area (Å²) >= 11 is 0. The average Bonchev–Trinajstić information content (AvgIpc) is 2.15. The van der Waals surface area contributed by atoms with E-state index in [0.717, 1.165) is 6.07 Å². The zero-order chi connectivity index (χ0) is 13.1. The topological polar surface area (TPSA) is 106 Å². The second-order valence-corrected chi connectivity index (χ2v) is 3.16. The molecule has 1 aromatic carbocycles. The molecule has 0 saturated carbocycles. The van der Waals surface area contributed by atoms with Crippen molar-refractivity contribution in [2.45, 2.75) is 6.18 Å². The number of rotatable bonds is 1. The molecule has 0 atom stereocenters. The Kier molecular flexibility index (Phi) is 3.56. The number of benzene rings is 1. The van der Waals surface area contributed by atoms with Crippen molar-refractivity contribution in [3.05, 3.63) is 29.8 Å². The fourth-order valence-electron chi connectivity index (χ4n) is 1.17. The Morgan fingerprint density at radius 3 is 2.18 bits per heavy atom. The molecule has 0 saturated heterocycles. The predicted molar refractivity (Wildman–Crippen MR) is 55.6 cm³/mol.